The third-order valence-corrected chi connectivity index (χ3v) is 7.45. The lowest BCUT2D eigenvalue weighted by Crippen LogP contribution is -2.52. The van der Waals surface area contributed by atoms with Crippen LogP contribution in [0.15, 0.2) is 18.2 Å². The molecule has 9 nitrogen and oxygen atoms in total. The van der Waals surface area contributed by atoms with Gasteiger partial charge in [-0.25, -0.2) is 9.69 Å². The topological polar surface area (TPSA) is 106 Å². The summed E-state index contributed by atoms with van der Waals surface area (Å²) in [5, 5.41) is 5.86. The second-order valence-electron chi connectivity index (χ2n) is 9.25. The molecule has 5 rings (SSSR count). The second kappa shape index (κ2) is 7.95. The van der Waals surface area contributed by atoms with E-state index >= 15 is 0 Å². The second-order valence-corrected chi connectivity index (χ2v) is 9.25. The highest BCUT2D eigenvalue weighted by Gasteiger charge is 2.54. The standard InChI is InChI=1S/C23H29N3O6/c1-15(26-20(28)23(25-21(26)29)6-2-3-7-23)19(27)24-13-22(8-10-30-11-9-22)16-4-5-17-18(12-16)32-14-31-17/h4-5,12,15H,2-3,6-11,13-14H2,1H3,(H,24,27)(H,25,29). The molecule has 1 aromatic rings. The summed E-state index contributed by atoms with van der Waals surface area (Å²) >= 11 is 0. The summed E-state index contributed by atoms with van der Waals surface area (Å²) < 4.78 is 16.6. The first-order valence-corrected chi connectivity index (χ1v) is 11.4. The Kier molecular flexibility index (Phi) is 5.23. The molecule has 0 bridgehead atoms. The van der Waals surface area contributed by atoms with Gasteiger partial charge in [-0.15, -0.1) is 0 Å². The van der Waals surface area contributed by atoms with Gasteiger partial charge in [0.25, 0.3) is 5.91 Å². The predicted molar refractivity (Wildman–Crippen MR) is 113 cm³/mol. The van der Waals surface area contributed by atoms with Gasteiger partial charge in [0.05, 0.1) is 0 Å². The molecular weight excluding hydrogens is 414 g/mol. The molecule has 3 aliphatic heterocycles. The number of nitrogens with one attached hydrogen (secondary N) is 2. The van der Waals surface area contributed by atoms with Crippen molar-refractivity contribution in [3.05, 3.63) is 23.8 Å². The number of ether oxygens (including phenoxy) is 3. The molecule has 1 aliphatic carbocycles. The van der Waals surface area contributed by atoms with Gasteiger partial charge < -0.3 is 24.8 Å². The maximum absolute atomic E-state index is 13.1. The zero-order valence-electron chi connectivity index (χ0n) is 18.3. The Morgan fingerprint density at radius 2 is 1.84 bits per heavy atom. The SMILES string of the molecule is CC(C(=O)NCC1(c2ccc3c(c2)OCO3)CCOCC1)N1C(=O)NC2(CCCC2)C1=O. The van der Waals surface area contributed by atoms with Crippen LogP contribution in [0.2, 0.25) is 0 Å². The summed E-state index contributed by atoms with van der Waals surface area (Å²) in [5.41, 5.74) is -0.0867. The average molecular weight is 444 g/mol. The number of carbonyl (C=O) groups is 3. The molecule has 1 saturated carbocycles. The van der Waals surface area contributed by atoms with Crippen LogP contribution < -0.4 is 20.1 Å². The molecule has 1 aromatic carbocycles. The minimum absolute atomic E-state index is 0.205. The fourth-order valence-corrected chi connectivity index (χ4v) is 5.39. The molecule has 1 spiro atoms. The summed E-state index contributed by atoms with van der Waals surface area (Å²) in [6.45, 7) is 3.38. The normalized spacial score (nSPS) is 24.0. The van der Waals surface area contributed by atoms with Crippen LogP contribution in [0.5, 0.6) is 11.5 Å². The van der Waals surface area contributed by atoms with Crippen LogP contribution in [0.25, 0.3) is 0 Å². The maximum Gasteiger partial charge on any atom is 0.325 e. The van der Waals surface area contributed by atoms with E-state index in [0.29, 0.717) is 44.1 Å². The highest BCUT2D eigenvalue weighted by Crippen LogP contribution is 2.41. The zero-order valence-corrected chi connectivity index (χ0v) is 18.3. The lowest BCUT2D eigenvalue weighted by atomic mass is 9.74. The molecule has 1 unspecified atom stereocenters. The van der Waals surface area contributed by atoms with Crippen molar-refractivity contribution in [2.24, 2.45) is 0 Å². The molecule has 2 N–H and O–H groups in total. The quantitative estimate of drug-likeness (QED) is 0.673. The minimum Gasteiger partial charge on any atom is -0.454 e. The van der Waals surface area contributed by atoms with E-state index in [1.165, 1.54) is 0 Å². The van der Waals surface area contributed by atoms with E-state index in [4.69, 9.17) is 14.2 Å². The Balaban J connectivity index is 1.31. The number of fused-ring (bicyclic) bond motifs is 1. The molecule has 4 amide bonds. The zero-order chi connectivity index (χ0) is 22.3. The fraction of sp³-hybridized carbons (Fsp3) is 0.609. The minimum atomic E-state index is -0.879. The highest BCUT2D eigenvalue weighted by atomic mass is 16.7. The van der Waals surface area contributed by atoms with Gasteiger partial charge in [-0.2, -0.15) is 0 Å². The van der Waals surface area contributed by atoms with Crippen molar-refractivity contribution in [2.45, 2.75) is 62.4 Å². The molecule has 9 heteroatoms. The number of urea groups is 1. The summed E-state index contributed by atoms with van der Waals surface area (Å²) in [4.78, 5) is 39.7. The number of imide groups is 1. The highest BCUT2D eigenvalue weighted by molar-refractivity contribution is 6.09. The maximum atomic E-state index is 13.1. The van der Waals surface area contributed by atoms with E-state index in [1.54, 1.807) is 6.92 Å². The van der Waals surface area contributed by atoms with E-state index in [9.17, 15) is 14.4 Å². The van der Waals surface area contributed by atoms with E-state index in [1.807, 2.05) is 18.2 Å². The van der Waals surface area contributed by atoms with E-state index in [2.05, 4.69) is 10.6 Å². The van der Waals surface area contributed by atoms with Crippen LogP contribution in [-0.2, 0) is 19.7 Å². The largest absolute Gasteiger partial charge is 0.454 e. The van der Waals surface area contributed by atoms with Crippen molar-refractivity contribution >= 4 is 17.8 Å². The first-order chi connectivity index (χ1) is 15.4. The van der Waals surface area contributed by atoms with Gasteiger partial charge in [0.1, 0.15) is 11.6 Å². The summed E-state index contributed by atoms with van der Waals surface area (Å²) in [5.74, 6) is 0.802. The molecule has 1 atom stereocenters. The predicted octanol–water partition coefficient (Wildman–Crippen LogP) is 1.83. The molecule has 0 aromatic heterocycles. The molecule has 172 valence electrons. The fourth-order valence-electron chi connectivity index (χ4n) is 5.39. The molecule has 3 fully saturated rings. The van der Waals surface area contributed by atoms with Crippen molar-refractivity contribution in [1.29, 1.82) is 0 Å². The lowest BCUT2D eigenvalue weighted by molar-refractivity contribution is -0.138. The van der Waals surface area contributed by atoms with Crippen molar-refractivity contribution in [2.75, 3.05) is 26.6 Å². The molecule has 0 radical (unpaired) electrons. The van der Waals surface area contributed by atoms with Gasteiger partial charge >= 0.3 is 6.03 Å². The number of amides is 4. The summed E-state index contributed by atoms with van der Waals surface area (Å²) in [6, 6.07) is 4.53. The van der Waals surface area contributed by atoms with E-state index < -0.39 is 17.6 Å². The number of hydrogen-bond donors (Lipinski definition) is 2. The van der Waals surface area contributed by atoms with E-state index in [0.717, 1.165) is 36.1 Å². The van der Waals surface area contributed by atoms with Crippen LogP contribution in [0, 0.1) is 0 Å². The van der Waals surface area contributed by atoms with Gasteiger partial charge in [-0.05, 0) is 50.3 Å². The Labute approximate surface area is 186 Å². The lowest BCUT2D eigenvalue weighted by Gasteiger charge is -2.38. The number of benzene rings is 1. The first kappa shape index (κ1) is 21.1. The number of carbonyl (C=O) groups excluding carboxylic acids is 3. The Hall–Kier alpha value is -2.81. The van der Waals surface area contributed by atoms with Gasteiger partial charge in [-0.1, -0.05) is 18.9 Å². The molecule has 2 saturated heterocycles. The average Bonchev–Trinajstić information content (AvgIpc) is 3.52. The molecule has 3 heterocycles. The third kappa shape index (κ3) is 3.39. The number of nitrogens with zero attached hydrogens (tertiary/aromatic N) is 1. The first-order valence-electron chi connectivity index (χ1n) is 11.4. The smallest absolute Gasteiger partial charge is 0.325 e. The summed E-state index contributed by atoms with van der Waals surface area (Å²) in [7, 11) is 0. The van der Waals surface area contributed by atoms with Crippen LogP contribution in [0.3, 0.4) is 0 Å². The van der Waals surface area contributed by atoms with Crippen molar-refractivity contribution in [1.82, 2.24) is 15.5 Å². The number of hydrogen-bond acceptors (Lipinski definition) is 6. The Bertz CT molecular complexity index is 936. The molecule has 4 aliphatic rings. The van der Waals surface area contributed by atoms with Crippen molar-refractivity contribution in [3.63, 3.8) is 0 Å². The van der Waals surface area contributed by atoms with Crippen molar-refractivity contribution in [3.8, 4) is 11.5 Å². The monoisotopic (exact) mass is 443 g/mol. The Morgan fingerprint density at radius 1 is 1.12 bits per heavy atom. The van der Waals surface area contributed by atoms with E-state index in [-0.39, 0.29) is 24.0 Å². The van der Waals surface area contributed by atoms with Gasteiger partial charge in [0.2, 0.25) is 12.7 Å². The molecule has 32 heavy (non-hydrogen) atoms. The van der Waals surface area contributed by atoms with Gasteiger partial charge in [-0.3, -0.25) is 9.59 Å². The van der Waals surface area contributed by atoms with Crippen LogP contribution >= 0.6 is 0 Å². The molecular formula is C23H29N3O6. The van der Waals surface area contributed by atoms with Crippen molar-refractivity contribution < 1.29 is 28.6 Å². The number of rotatable bonds is 5. The van der Waals surface area contributed by atoms with Gasteiger partial charge in [0.15, 0.2) is 11.5 Å². The van der Waals surface area contributed by atoms with Gasteiger partial charge in [0, 0.05) is 25.2 Å². The third-order valence-electron chi connectivity index (χ3n) is 7.45. The van der Waals surface area contributed by atoms with Crippen LogP contribution in [-0.4, -0.2) is 60.9 Å². The van der Waals surface area contributed by atoms with Crippen LogP contribution in [0.1, 0.15) is 51.0 Å². The van der Waals surface area contributed by atoms with Crippen LogP contribution in [0.4, 0.5) is 4.79 Å². The Morgan fingerprint density at radius 3 is 2.59 bits per heavy atom. The summed E-state index contributed by atoms with van der Waals surface area (Å²) in [6.07, 6.45) is 4.56.